The predicted octanol–water partition coefficient (Wildman–Crippen LogP) is 3.52. The minimum absolute atomic E-state index is 0.148. The molecule has 4 aromatic rings. The molecule has 0 radical (unpaired) electrons. The Morgan fingerprint density at radius 3 is 2.61 bits per heavy atom. The van der Waals surface area contributed by atoms with Crippen molar-refractivity contribution < 1.29 is 9.59 Å². The highest BCUT2D eigenvalue weighted by atomic mass is 16.2. The van der Waals surface area contributed by atoms with E-state index in [0.29, 0.717) is 25.8 Å². The van der Waals surface area contributed by atoms with E-state index in [1.807, 2.05) is 79.0 Å². The van der Waals surface area contributed by atoms with Gasteiger partial charge in [0, 0.05) is 42.0 Å². The zero-order valence-electron chi connectivity index (χ0n) is 20.1. The van der Waals surface area contributed by atoms with Gasteiger partial charge in [-0.15, -0.1) is 0 Å². The minimum Gasteiger partial charge on any atom is -0.361 e. The van der Waals surface area contributed by atoms with E-state index in [4.69, 9.17) is 5.73 Å². The number of aromatic amines is 1. The molecule has 4 N–H and O–H groups in total. The fourth-order valence-corrected chi connectivity index (χ4v) is 5.07. The van der Waals surface area contributed by atoms with Crippen LogP contribution in [0.5, 0.6) is 0 Å². The molecular formula is C29H31N5O2. The fourth-order valence-electron chi connectivity index (χ4n) is 5.07. The summed E-state index contributed by atoms with van der Waals surface area (Å²) >= 11 is 0. The normalized spacial score (nSPS) is 17.1. The van der Waals surface area contributed by atoms with Gasteiger partial charge >= 0.3 is 0 Å². The number of nitrogens with one attached hydrogen (secondary N) is 2. The molecular weight excluding hydrogens is 450 g/mol. The first-order valence-electron chi connectivity index (χ1n) is 12.5. The number of rotatable bonds is 8. The molecule has 3 heterocycles. The molecule has 184 valence electrons. The van der Waals surface area contributed by atoms with Crippen LogP contribution in [0.4, 0.5) is 0 Å². The van der Waals surface area contributed by atoms with E-state index < -0.39 is 12.1 Å². The van der Waals surface area contributed by atoms with Crippen LogP contribution in [-0.4, -0.2) is 45.3 Å². The summed E-state index contributed by atoms with van der Waals surface area (Å²) in [5, 5.41) is 4.27. The lowest BCUT2D eigenvalue weighted by Gasteiger charge is -2.28. The van der Waals surface area contributed by atoms with E-state index in [9.17, 15) is 9.59 Å². The molecule has 3 atom stereocenters. The lowest BCUT2D eigenvalue weighted by molar-refractivity contribution is -0.139. The van der Waals surface area contributed by atoms with Crippen molar-refractivity contribution in [3.05, 3.63) is 102 Å². The number of hydrogen-bond acceptors (Lipinski definition) is 4. The second-order valence-electron chi connectivity index (χ2n) is 9.36. The second kappa shape index (κ2) is 10.7. The number of para-hydroxylation sites is 1. The number of likely N-dealkylation sites (tertiary alicyclic amines) is 1. The van der Waals surface area contributed by atoms with Crippen LogP contribution in [0.2, 0.25) is 0 Å². The van der Waals surface area contributed by atoms with E-state index in [2.05, 4.69) is 15.3 Å². The van der Waals surface area contributed by atoms with E-state index >= 15 is 0 Å². The molecule has 2 aromatic carbocycles. The number of benzene rings is 2. The fraction of sp³-hybridized carbons (Fsp3) is 0.276. The van der Waals surface area contributed by atoms with E-state index in [-0.39, 0.29) is 17.9 Å². The highest BCUT2D eigenvalue weighted by Gasteiger charge is 2.37. The summed E-state index contributed by atoms with van der Waals surface area (Å²) in [7, 11) is 0. The molecule has 7 heteroatoms. The highest BCUT2D eigenvalue weighted by Crippen LogP contribution is 2.24. The van der Waals surface area contributed by atoms with Crippen molar-refractivity contribution in [3.8, 4) is 0 Å². The Bertz CT molecular complexity index is 1320. The van der Waals surface area contributed by atoms with Gasteiger partial charge in [0.25, 0.3) is 0 Å². The Kier molecular flexibility index (Phi) is 7.09. The number of nitrogens with two attached hydrogens (primary N) is 1. The number of hydrogen-bond donors (Lipinski definition) is 3. The van der Waals surface area contributed by atoms with Crippen molar-refractivity contribution in [2.75, 3.05) is 6.54 Å². The maximum atomic E-state index is 13.5. The molecule has 5 rings (SSSR count). The Hall–Kier alpha value is -3.97. The first kappa shape index (κ1) is 23.8. The molecule has 0 spiro atoms. The smallest absolute Gasteiger partial charge is 0.243 e. The lowest BCUT2D eigenvalue weighted by atomic mass is 10.0. The predicted molar refractivity (Wildman–Crippen MR) is 140 cm³/mol. The third-order valence-corrected chi connectivity index (χ3v) is 6.93. The van der Waals surface area contributed by atoms with E-state index in [1.165, 1.54) is 0 Å². The van der Waals surface area contributed by atoms with Crippen molar-refractivity contribution in [3.63, 3.8) is 0 Å². The van der Waals surface area contributed by atoms with Crippen molar-refractivity contribution in [1.82, 2.24) is 20.2 Å². The molecule has 2 aromatic heterocycles. The third kappa shape index (κ3) is 5.16. The largest absolute Gasteiger partial charge is 0.361 e. The number of nitrogens with zero attached hydrogens (tertiary/aromatic N) is 2. The van der Waals surface area contributed by atoms with Gasteiger partial charge in [-0.1, -0.05) is 54.6 Å². The molecule has 0 aliphatic carbocycles. The monoisotopic (exact) mass is 481 g/mol. The Morgan fingerprint density at radius 1 is 1.03 bits per heavy atom. The SMILES string of the molecule is NC(Cc1c[nH]c2ccccc12)C(=O)N1CCC[C@H]1C(=O)N[C@@H](Cc1ccccn1)c1ccccc1. The van der Waals surface area contributed by atoms with Gasteiger partial charge in [0.05, 0.1) is 12.1 Å². The summed E-state index contributed by atoms with van der Waals surface area (Å²) in [5.41, 5.74) is 10.3. The van der Waals surface area contributed by atoms with Gasteiger partial charge in [-0.25, -0.2) is 0 Å². The van der Waals surface area contributed by atoms with E-state index in [1.54, 1.807) is 11.1 Å². The molecule has 36 heavy (non-hydrogen) atoms. The maximum Gasteiger partial charge on any atom is 0.243 e. The minimum atomic E-state index is -0.712. The summed E-state index contributed by atoms with van der Waals surface area (Å²) in [4.78, 5) is 36.2. The Labute approximate surface area is 210 Å². The summed E-state index contributed by atoms with van der Waals surface area (Å²) in [5.74, 6) is -0.330. The van der Waals surface area contributed by atoms with Crippen molar-refractivity contribution in [2.24, 2.45) is 5.73 Å². The molecule has 7 nitrogen and oxygen atoms in total. The third-order valence-electron chi connectivity index (χ3n) is 6.93. The van der Waals surface area contributed by atoms with Crippen LogP contribution >= 0.6 is 0 Å². The maximum absolute atomic E-state index is 13.5. The number of aromatic nitrogens is 2. The zero-order chi connectivity index (χ0) is 24.9. The first-order valence-corrected chi connectivity index (χ1v) is 12.5. The van der Waals surface area contributed by atoms with Crippen LogP contribution < -0.4 is 11.1 Å². The molecule has 1 unspecified atom stereocenters. The van der Waals surface area contributed by atoms with Gasteiger partial charge in [-0.3, -0.25) is 14.6 Å². The number of carbonyl (C=O) groups is 2. The standard InChI is InChI=1S/C29H31N5O2/c30-24(17-21-19-32-25-13-5-4-12-23(21)25)29(36)34-16-8-14-27(34)28(35)33-26(20-9-2-1-3-10-20)18-22-11-6-7-15-31-22/h1-7,9-13,15,19,24,26-27,32H,8,14,16-18,30H2,(H,33,35)/t24?,26-,27-/m0/s1. The molecule has 1 saturated heterocycles. The van der Waals surface area contributed by atoms with Gasteiger partial charge in [0.15, 0.2) is 0 Å². The quantitative estimate of drug-likeness (QED) is 0.358. The molecule has 1 aliphatic rings. The molecule has 0 saturated carbocycles. The van der Waals surface area contributed by atoms with Crippen LogP contribution in [0, 0.1) is 0 Å². The Morgan fingerprint density at radius 2 is 1.81 bits per heavy atom. The van der Waals surface area contributed by atoms with Crippen molar-refractivity contribution in [2.45, 2.75) is 43.8 Å². The Balaban J connectivity index is 1.29. The van der Waals surface area contributed by atoms with Crippen LogP contribution in [0.1, 0.15) is 35.7 Å². The first-order chi connectivity index (χ1) is 17.6. The van der Waals surface area contributed by atoms with Crippen molar-refractivity contribution in [1.29, 1.82) is 0 Å². The molecule has 1 fully saturated rings. The number of fused-ring (bicyclic) bond motifs is 1. The van der Waals surface area contributed by atoms with Crippen molar-refractivity contribution >= 4 is 22.7 Å². The number of carbonyl (C=O) groups excluding carboxylic acids is 2. The van der Waals surface area contributed by atoms with Crippen LogP contribution in [0.3, 0.4) is 0 Å². The average molecular weight is 482 g/mol. The van der Waals surface area contributed by atoms with Gasteiger partial charge in [0.1, 0.15) is 6.04 Å². The van der Waals surface area contributed by atoms with Crippen LogP contribution in [-0.2, 0) is 22.4 Å². The topological polar surface area (TPSA) is 104 Å². The average Bonchev–Trinajstić information content (AvgIpc) is 3.57. The van der Waals surface area contributed by atoms with Gasteiger partial charge in [-0.05, 0) is 48.6 Å². The summed E-state index contributed by atoms with van der Waals surface area (Å²) < 4.78 is 0. The molecule has 0 bridgehead atoms. The summed E-state index contributed by atoms with van der Waals surface area (Å²) in [6.07, 6.45) is 6.05. The number of pyridine rings is 1. The summed E-state index contributed by atoms with van der Waals surface area (Å²) in [6, 6.07) is 22.1. The van der Waals surface area contributed by atoms with E-state index in [0.717, 1.165) is 34.1 Å². The molecule has 1 aliphatic heterocycles. The molecule has 2 amide bonds. The van der Waals surface area contributed by atoms with Crippen LogP contribution in [0.15, 0.2) is 85.2 Å². The van der Waals surface area contributed by atoms with Gasteiger partial charge in [-0.2, -0.15) is 0 Å². The van der Waals surface area contributed by atoms with Gasteiger partial charge in [0.2, 0.25) is 11.8 Å². The zero-order valence-corrected chi connectivity index (χ0v) is 20.1. The second-order valence-corrected chi connectivity index (χ2v) is 9.36. The highest BCUT2D eigenvalue weighted by molar-refractivity contribution is 5.91. The van der Waals surface area contributed by atoms with Gasteiger partial charge < -0.3 is 20.9 Å². The lowest BCUT2D eigenvalue weighted by Crippen LogP contribution is -2.52. The summed E-state index contributed by atoms with van der Waals surface area (Å²) in [6.45, 7) is 0.536. The number of amides is 2. The van der Waals surface area contributed by atoms with Crippen LogP contribution in [0.25, 0.3) is 10.9 Å². The number of H-pyrrole nitrogens is 1.